The molecule has 2 N–H and O–H groups in total. The predicted molar refractivity (Wildman–Crippen MR) is 98.6 cm³/mol. The van der Waals surface area contributed by atoms with E-state index < -0.39 is 22.8 Å². The molecule has 0 aliphatic heterocycles. The monoisotopic (exact) mass is 356 g/mol. The summed E-state index contributed by atoms with van der Waals surface area (Å²) in [7, 11) is 0. The first-order chi connectivity index (χ1) is 11.6. The highest BCUT2D eigenvalue weighted by Crippen LogP contribution is 2.20. The van der Waals surface area contributed by atoms with Gasteiger partial charge in [0.05, 0.1) is 0 Å². The number of aliphatic hydroxyl groups is 1. The Balaban J connectivity index is 0. The van der Waals surface area contributed by atoms with E-state index in [9.17, 15) is 18.7 Å². The molecule has 0 unspecified atom stereocenters. The van der Waals surface area contributed by atoms with Crippen LogP contribution in [0.25, 0.3) is 0 Å². The fraction of sp³-hybridized carbons (Fsp3) is 0.474. The van der Waals surface area contributed by atoms with Crippen molar-refractivity contribution in [2.75, 3.05) is 0 Å². The number of nitrogens with one attached hydrogen (secondary N) is 1. The van der Waals surface area contributed by atoms with Crippen LogP contribution >= 0.6 is 0 Å². The predicted octanol–water partition coefficient (Wildman–Crippen LogP) is 4.63. The molecule has 2 aromatic rings. The van der Waals surface area contributed by atoms with Gasteiger partial charge < -0.3 is 10.1 Å². The SMILES string of the molecule is CC.CC.Cc1c[nH]c(=O)c(F)c1.Cc1cnc(C(C)(C)O)c(F)c1. The van der Waals surface area contributed by atoms with E-state index in [4.69, 9.17) is 0 Å². The number of aromatic nitrogens is 2. The van der Waals surface area contributed by atoms with Gasteiger partial charge >= 0.3 is 0 Å². The zero-order valence-corrected chi connectivity index (χ0v) is 16.4. The van der Waals surface area contributed by atoms with E-state index >= 15 is 0 Å². The zero-order chi connectivity index (χ0) is 20.2. The highest BCUT2D eigenvalue weighted by Gasteiger charge is 2.21. The molecule has 0 amide bonds. The Morgan fingerprint density at radius 1 is 1.00 bits per heavy atom. The molecule has 0 bridgehead atoms. The third-order valence-corrected chi connectivity index (χ3v) is 2.56. The Morgan fingerprint density at radius 2 is 1.48 bits per heavy atom. The number of halogens is 2. The minimum absolute atomic E-state index is 0.0908. The minimum atomic E-state index is -1.21. The summed E-state index contributed by atoms with van der Waals surface area (Å²) >= 11 is 0. The number of hydrogen-bond donors (Lipinski definition) is 2. The van der Waals surface area contributed by atoms with Gasteiger partial charge in [0.15, 0.2) is 5.82 Å². The van der Waals surface area contributed by atoms with Crippen LogP contribution in [0.2, 0.25) is 0 Å². The number of rotatable bonds is 1. The van der Waals surface area contributed by atoms with Crippen molar-refractivity contribution in [1.29, 1.82) is 0 Å². The van der Waals surface area contributed by atoms with E-state index in [0.29, 0.717) is 5.56 Å². The third-order valence-electron chi connectivity index (χ3n) is 2.56. The lowest BCUT2D eigenvalue weighted by atomic mass is 10.0. The summed E-state index contributed by atoms with van der Waals surface area (Å²) in [5.74, 6) is -1.18. The van der Waals surface area contributed by atoms with Crippen LogP contribution in [-0.2, 0) is 5.60 Å². The summed E-state index contributed by atoms with van der Waals surface area (Å²) in [6.07, 6.45) is 3.00. The van der Waals surface area contributed by atoms with Gasteiger partial charge in [-0.05, 0) is 51.0 Å². The summed E-state index contributed by atoms with van der Waals surface area (Å²) in [4.78, 5) is 16.4. The lowest BCUT2D eigenvalue weighted by molar-refractivity contribution is 0.0694. The second kappa shape index (κ2) is 12.3. The summed E-state index contributed by atoms with van der Waals surface area (Å²) in [6.45, 7) is 14.5. The van der Waals surface area contributed by atoms with Gasteiger partial charge in [-0.1, -0.05) is 27.7 Å². The molecule has 2 rings (SSSR count). The number of H-pyrrole nitrogens is 1. The molecule has 0 aromatic carbocycles. The van der Waals surface area contributed by atoms with Crippen LogP contribution in [0.1, 0.15) is 58.4 Å². The lowest BCUT2D eigenvalue weighted by Gasteiger charge is -2.16. The summed E-state index contributed by atoms with van der Waals surface area (Å²) in [6, 6.07) is 2.55. The maximum Gasteiger partial charge on any atom is 0.283 e. The van der Waals surface area contributed by atoms with E-state index in [2.05, 4.69) is 9.97 Å². The Bertz CT molecular complexity index is 678. The van der Waals surface area contributed by atoms with Gasteiger partial charge in [0.2, 0.25) is 0 Å². The smallest absolute Gasteiger partial charge is 0.283 e. The second-order valence-corrected chi connectivity index (χ2v) is 5.26. The van der Waals surface area contributed by atoms with Gasteiger partial charge in [-0.2, -0.15) is 0 Å². The first-order valence-electron chi connectivity index (χ1n) is 8.31. The average Bonchev–Trinajstić information content (AvgIpc) is 2.54. The molecule has 0 aliphatic rings. The first kappa shape index (κ1) is 25.2. The molecule has 0 spiro atoms. The molecule has 6 heteroatoms. The van der Waals surface area contributed by atoms with Gasteiger partial charge in [-0.3, -0.25) is 9.78 Å². The van der Waals surface area contributed by atoms with Crippen LogP contribution in [0.3, 0.4) is 0 Å². The van der Waals surface area contributed by atoms with E-state index in [1.54, 1.807) is 13.8 Å². The van der Waals surface area contributed by atoms with Crippen LogP contribution in [-0.4, -0.2) is 15.1 Å². The quantitative estimate of drug-likeness (QED) is 0.783. The van der Waals surface area contributed by atoms with Crippen LogP contribution in [0, 0.1) is 25.5 Å². The van der Waals surface area contributed by atoms with Crippen LogP contribution < -0.4 is 5.56 Å². The molecule has 0 radical (unpaired) electrons. The average molecular weight is 356 g/mol. The molecule has 0 fully saturated rings. The van der Waals surface area contributed by atoms with E-state index in [1.807, 2.05) is 27.7 Å². The van der Waals surface area contributed by atoms with Crippen LogP contribution in [0.15, 0.2) is 29.3 Å². The van der Waals surface area contributed by atoms with Crippen LogP contribution in [0.5, 0.6) is 0 Å². The second-order valence-electron chi connectivity index (χ2n) is 5.26. The van der Waals surface area contributed by atoms with Gasteiger partial charge in [-0.15, -0.1) is 0 Å². The van der Waals surface area contributed by atoms with Gasteiger partial charge in [0.25, 0.3) is 5.56 Å². The van der Waals surface area contributed by atoms with Crippen molar-refractivity contribution >= 4 is 0 Å². The molecule has 0 aliphatic carbocycles. The minimum Gasteiger partial charge on any atom is -0.384 e. The topological polar surface area (TPSA) is 66.0 Å². The summed E-state index contributed by atoms with van der Waals surface area (Å²) in [5, 5.41) is 9.46. The van der Waals surface area contributed by atoms with E-state index in [-0.39, 0.29) is 5.69 Å². The maximum atomic E-state index is 13.1. The zero-order valence-electron chi connectivity index (χ0n) is 16.4. The normalized spacial score (nSPS) is 9.56. The van der Waals surface area contributed by atoms with Gasteiger partial charge in [-0.25, -0.2) is 8.78 Å². The van der Waals surface area contributed by atoms with Crippen molar-refractivity contribution in [2.24, 2.45) is 0 Å². The number of hydrogen-bond acceptors (Lipinski definition) is 3. The molecular formula is C19H30F2N2O2. The lowest BCUT2D eigenvalue weighted by Crippen LogP contribution is -2.19. The van der Waals surface area contributed by atoms with Crippen molar-refractivity contribution in [3.8, 4) is 0 Å². The van der Waals surface area contributed by atoms with Gasteiger partial charge in [0.1, 0.15) is 17.1 Å². The third kappa shape index (κ3) is 9.72. The summed E-state index contributed by atoms with van der Waals surface area (Å²) in [5.41, 5.74) is -0.320. The van der Waals surface area contributed by atoms with Crippen molar-refractivity contribution in [1.82, 2.24) is 9.97 Å². The first-order valence-corrected chi connectivity index (χ1v) is 8.31. The molecular weight excluding hydrogens is 326 g/mol. The summed E-state index contributed by atoms with van der Waals surface area (Å²) < 4.78 is 25.4. The molecule has 4 nitrogen and oxygen atoms in total. The molecule has 2 aromatic heterocycles. The Morgan fingerprint density at radius 3 is 1.84 bits per heavy atom. The van der Waals surface area contributed by atoms with Crippen molar-refractivity contribution < 1.29 is 13.9 Å². The molecule has 0 saturated carbocycles. The van der Waals surface area contributed by atoms with Crippen LogP contribution in [0.4, 0.5) is 8.78 Å². The fourth-order valence-electron chi connectivity index (χ4n) is 1.54. The molecule has 0 atom stereocenters. The molecule has 0 saturated heterocycles. The molecule has 25 heavy (non-hydrogen) atoms. The Kier molecular flexibility index (Phi) is 12.4. The highest BCUT2D eigenvalue weighted by atomic mass is 19.1. The van der Waals surface area contributed by atoms with E-state index in [0.717, 1.165) is 5.56 Å². The number of nitrogens with zero attached hydrogens (tertiary/aromatic N) is 1. The van der Waals surface area contributed by atoms with Crippen molar-refractivity contribution in [2.45, 2.75) is 61.0 Å². The Hall–Kier alpha value is -2.08. The fourth-order valence-corrected chi connectivity index (χ4v) is 1.54. The molecule has 142 valence electrons. The highest BCUT2D eigenvalue weighted by molar-refractivity contribution is 5.18. The number of aromatic amines is 1. The van der Waals surface area contributed by atoms with E-state index in [1.165, 1.54) is 38.4 Å². The van der Waals surface area contributed by atoms with Crippen molar-refractivity contribution in [3.05, 3.63) is 63.3 Å². The largest absolute Gasteiger partial charge is 0.384 e. The number of aryl methyl sites for hydroxylation is 2. The maximum absolute atomic E-state index is 13.1. The van der Waals surface area contributed by atoms with Gasteiger partial charge in [0, 0.05) is 12.4 Å². The number of pyridine rings is 2. The Labute approximate surface area is 149 Å². The van der Waals surface area contributed by atoms with Crippen molar-refractivity contribution in [3.63, 3.8) is 0 Å². The standard InChI is InChI=1S/C9H12FNO.C6H6FNO.2C2H6/c1-6-4-7(10)8(11-5-6)9(2,3)12;1-4-2-5(7)6(9)8-3-4;2*1-2/h4-5,12H,1-3H3;2-3H,1H3,(H,8,9);2*1-2H3. The molecule has 2 heterocycles.